The van der Waals surface area contributed by atoms with Crippen molar-refractivity contribution in [3.05, 3.63) is 52.1 Å². The van der Waals surface area contributed by atoms with Crippen LogP contribution in [0.4, 0.5) is 0 Å². The number of benzene rings is 1. The zero-order valence-corrected chi connectivity index (χ0v) is 10.9. The first kappa shape index (κ1) is 12.4. The van der Waals surface area contributed by atoms with E-state index >= 15 is 0 Å². The molecule has 0 N–H and O–H groups in total. The van der Waals surface area contributed by atoms with Crippen molar-refractivity contribution in [2.75, 3.05) is 0 Å². The first-order valence-electron chi connectivity index (χ1n) is 4.74. The van der Waals surface area contributed by atoms with E-state index in [0.717, 1.165) is 11.2 Å². The van der Waals surface area contributed by atoms with E-state index < -0.39 is 0 Å². The SMILES string of the molecule is O=Cc1cc(Cl)ccc1Sc1ncccc1Cl. The van der Waals surface area contributed by atoms with Crippen LogP contribution in [0.25, 0.3) is 0 Å². The first-order chi connectivity index (χ1) is 8.20. The summed E-state index contributed by atoms with van der Waals surface area (Å²) in [6.07, 6.45) is 2.43. The van der Waals surface area contributed by atoms with Gasteiger partial charge in [0.05, 0.1) is 5.02 Å². The predicted molar refractivity (Wildman–Crippen MR) is 70.2 cm³/mol. The van der Waals surface area contributed by atoms with E-state index in [4.69, 9.17) is 23.2 Å². The third-order valence-electron chi connectivity index (χ3n) is 2.03. The van der Waals surface area contributed by atoms with Gasteiger partial charge in [-0.05, 0) is 30.3 Å². The molecule has 0 radical (unpaired) electrons. The summed E-state index contributed by atoms with van der Waals surface area (Å²) >= 11 is 13.2. The van der Waals surface area contributed by atoms with Crippen LogP contribution in [0.3, 0.4) is 0 Å². The van der Waals surface area contributed by atoms with Crippen LogP contribution in [0.2, 0.25) is 10.0 Å². The number of rotatable bonds is 3. The van der Waals surface area contributed by atoms with Crippen LogP contribution in [0, 0.1) is 0 Å². The van der Waals surface area contributed by atoms with Crippen LogP contribution in [-0.2, 0) is 0 Å². The molecule has 0 fully saturated rings. The summed E-state index contributed by atoms with van der Waals surface area (Å²) in [4.78, 5) is 15.9. The van der Waals surface area contributed by atoms with Gasteiger partial charge >= 0.3 is 0 Å². The molecule has 0 aliphatic heterocycles. The van der Waals surface area contributed by atoms with E-state index in [-0.39, 0.29) is 0 Å². The van der Waals surface area contributed by atoms with Crippen LogP contribution in [0.15, 0.2) is 46.5 Å². The van der Waals surface area contributed by atoms with Gasteiger partial charge in [0, 0.05) is 21.7 Å². The molecule has 2 nitrogen and oxygen atoms in total. The Balaban J connectivity index is 2.36. The van der Waals surface area contributed by atoms with Crippen molar-refractivity contribution in [2.24, 2.45) is 0 Å². The Hall–Kier alpha value is -1.03. The van der Waals surface area contributed by atoms with Crippen molar-refractivity contribution in [1.82, 2.24) is 4.98 Å². The van der Waals surface area contributed by atoms with E-state index in [1.54, 1.807) is 36.5 Å². The standard InChI is InChI=1S/C12H7Cl2NOS/c13-9-3-4-11(8(6-9)7-16)17-12-10(14)2-1-5-15-12/h1-7H. The Morgan fingerprint density at radius 1 is 1.24 bits per heavy atom. The molecule has 0 atom stereocenters. The van der Waals surface area contributed by atoms with Crippen molar-refractivity contribution in [1.29, 1.82) is 0 Å². The minimum atomic E-state index is 0.531. The second-order valence-corrected chi connectivity index (χ2v) is 5.07. The number of aldehydes is 1. The highest BCUT2D eigenvalue weighted by atomic mass is 35.5. The number of pyridine rings is 1. The largest absolute Gasteiger partial charge is 0.298 e. The van der Waals surface area contributed by atoms with Gasteiger partial charge in [0.25, 0.3) is 0 Å². The Bertz CT molecular complexity index is 560. The fraction of sp³-hybridized carbons (Fsp3) is 0. The minimum Gasteiger partial charge on any atom is -0.298 e. The normalized spacial score (nSPS) is 10.2. The molecule has 0 saturated heterocycles. The molecule has 1 aromatic carbocycles. The molecule has 0 aliphatic rings. The Morgan fingerprint density at radius 2 is 2.06 bits per heavy atom. The van der Waals surface area contributed by atoms with Gasteiger partial charge < -0.3 is 0 Å². The molecule has 0 saturated carbocycles. The number of hydrogen-bond acceptors (Lipinski definition) is 3. The molecule has 86 valence electrons. The smallest absolute Gasteiger partial charge is 0.151 e. The Morgan fingerprint density at radius 3 is 2.76 bits per heavy atom. The Kier molecular flexibility index (Phi) is 4.05. The van der Waals surface area contributed by atoms with Gasteiger partial charge in [-0.25, -0.2) is 4.98 Å². The Labute approximate surface area is 113 Å². The van der Waals surface area contributed by atoms with Crippen LogP contribution in [0.1, 0.15) is 10.4 Å². The van der Waals surface area contributed by atoms with E-state index in [0.29, 0.717) is 20.6 Å². The maximum atomic E-state index is 10.9. The lowest BCUT2D eigenvalue weighted by atomic mass is 10.2. The monoisotopic (exact) mass is 283 g/mol. The van der Waals surface area contributed by atoms with Crippen molar-refractivity contribution in [3.8, 4) is 0 Å². The second kappa shape index (κ2) is 5.54. The number of carbonyl (C=O) groups excluding carboxylic acids is 1. The molecule has 2 aromatic rings. The molecule has 0 spiro atoms. The molecular formula is C12H7Cl2NOS. The minimum absolute atomic E-state index is 0.531. The fourth-order valence-electron chi connectivity index (χ4n) is 1.25. The molecule has 5 heteroatoms. The molecule has 0 amide bonds. The lowest BCUT2D eigenvalue weighted by Gasteiger charge is -2.05. The van der Waals surface area contributed by atoms with E-state index in [1.807, 2.05) is 0 Å². The van der Waals surface area contributed by atoms with Crippen LogP contribution in [0.5, 0.6) is 0 Å². The van der Waals surface area contributed by atoms with E-state index in [1.165, 1.54) is 11.8 Å². The van der Waals surface area contributed by atoms with Gasteiger partial charge in [-0.1, -0.05) is 35.0 Å². The molecule has 1 aromatic heterocycles. The lowest BCUT2D eigenvalue weighted by Crippen LogP contribution is -1.87. The molecule has 0 aliphatic carbocycles. The summed E-state index contributed by atoms with van der Waals surface area (Å²) in [6.45, 7) is 0. The lowest BCUT2D eigenvalue weighted by molar-refractivity contribution is 0.112. The van der Waals surface area contributed by atoms with Crippen LogP contribution >= 0.6 is 35.0 Å². The third kappa shape index (κ3) is 3.00. The molecule has 2 rings (SSSR count). The highest BCUT2D eigenvalue weighted by Crippen LogP contribution is 2.33. The molecular weight excluding hydrogens is 277 g/mol. The van der Waals surface area contributed by atoms with Gasteiger partial charge in [-0.15, -0.1) is 0 Å². The molecule has 1 heterocycles. The van der Waals surface area contributed by atoms with Crippen molar-refractivity contribution < 1.29 is 4.79 Å². The molecule has 17 heavy (non-hydrogen) atoms. The van der Waals surface area contributed by atoms with Crippen molar-refractivity contribution >= 4 is 41.2 Å². The summed E-state index contributed by atoms with van der Waals surface area (Å²) in [7, 11) is 0. The first-order valence-corrected chi connectivity index (χ1v) is 6.31. The average molecular weight is 284 g/mol. The van der Waals surface area contributed by atoms with Crippen molar-refractivity contribution in [2.45, 2.75) is 9.92 Å². The fourth-order valence-corrected chi connectivity index (χ4v) is 2.52. The summed E-state index contributed by atoms with van der Waals surface area (Å²) in [5, 5.41) is 1.76. The van der Waals surface area contributed by atoms with Crippen LogP contribution in [-0.4, -0.2) is 11.3 Å². The molecule has 0 bridgehead atoms. The number of aromatic nitrogens is 1. The summed E-state index contributed by atoms with van der Waals surface area (Å²) in [5.41, 5.74) is 0.532. The maximum absolute atomic E-state index is 10.9. The third-order valence-corrected chi connectivity index (χ3v) is 3.79. The van der Waals surface area contributed by atoms with Gasteiger partial charge in [-0.3, -0.25) is 4.79 Å². The van der Waals surface area contributed by atoms with E-state index in [2.05, 4.69) is 4.98 Å². The average Bonchev–Trinajstić information content (AvgIpc) is 2.34. The number of halogens is 2. The highest BCUT2D eigenvalue weighted by molar-refractivity contribution is 7.99. The zero-order chi connectivity index (χ0) is 12.3. The number of hydrogen-bond donors (Lipinski definition) is 0. The summed E-state index contributed by atoms with van der Waals surface area (Å²) in [5.74, 6) is 0. The van der Waals surface area contributed by atoms with Crippen LogP contribution < -0.4 is 0 Å². The number of carbonyl (C=O) groups is 1. The van der Waals surface area contributed by atoms with E-state index in [9.17, 15) is 4.79 Å². The van der Waals surface area contributed by atoms with Gasteiger partial charge in [0.15, 0.2) is 6.29 Å². The summed E-state index contributed by atoms with van der Waals surface area (Å²) < 4.78 is 0. The van der Waals surface area contributed by atoms with Gasteiger partial charge in [0.1, 0.15) is 5.03 Å². The second-order valence-electron chi connectivity index (χ2n) is 3.19. The predicted octanol–water partition coefficient (Wildman–Crippen LogP) is 4.35. The summed E-state index contributed by atoms with van der Waals surface area (Å²) in [6, 6.07) is 8.64. The van der Waals surface area contributed by atoms with Gasteiger partial charge in [-0.2, -0.15) is 0 Å². The number of nitrogens with zero attached hydrogens (tertiary/aromatic N) is 1. The zero-order valence-electron chi connectivity index (χ0n) is 8.56. The maximum Gasteiger partial charge on any atom is 0.151 e. The topological polar surface area (TPSA) is 30.0 Å². The molecule has 0 unspecified atom stereocenters. The highest BCUT2D eigenvalue weighted by Gasteiger charge is 2.08. The van der Waals surface area contributed by atoms with Gasteiger partial charge in [0.2, 0.25) is 0 Å². The van der Waals surface area contributed by atoms with Crippen molar-refractivity contribution in [3.63, 3.8) is 0 Å². The quantitative estimate of drug-likeness (QED) is 0.785.